The molecule has 1 rings (SSSR count). The van der Waals surface area contributed by atoms with Gasteiger partial charge in [0.1, 0.15) is 5.75 Å². The van der Waals surface area contributed by atoms with Gasteiger partial charge in [-0.05, 0) is 30.3 Å². The number of carbonyl (C=O) groups is 1. The van der Waals surface area contributed by atoms with Gasteiger partial charge in [0.05, 0.1) is 10.6 Å². The van der Waals surface area contributed by atoms with E-state index in [1.807, 2.05) is 6.92 Å². The highest BCUT2D eigenvalue weighted by atomic mass is 35.5. The van der Waals surface area contributed by atoms with Crippen molar-refractivity contribution < 1.29 is 9.22 Å². The summed E-state index contributed by atoms with van der Waals surface area (Å²) >= 11 is 6.23. The van der Waals surface area contributed by atoms with Crippen molar-refractivity contribution in [2.24, 2.45) is 0 Å². The Kier molecular flexibility index (Phi) is 4.85. The molecule has 2 nitrogen and oxygen atoms in total. The summed E-state index contributed by atoms with van der Waals surface area (Å²) in [5.41, 5.74) is 0.597. The van der Waals surface area contributed by atoms with Crippen molar-refractivity contribution in [3.63, 3.8) is 0 Å². The van der Waals surface area contributed by atoms with Crippen molar-refractivity contribution in [3.8, 4) is 5.75 Å². The van der Waals surface area contributed by atoms with Gasteiger partial charge in [-0.25, -0.2) is 0 Å². The van der Waals surface area contributed by atoms with E-state index in [-0.39, 0.29) is 10.8 Å². The standard InChI is InChI=1S/C15H23ClO2Si/c1-7-13(17)11-9-8-10-12(16)14(11)18-19(5,6)15(2,3)4/h8-10H,7H2,1-6H3. The lowest BCUT2D eigenvalue weighted by Crippen LogP contribution is -2.44. The van der Waals surface area contributed by atoms with Gasteiger partial charge in [0.15, 0.2) is 5.78 Å². The predicted molar refractivity (Wildman–Crippen MR) is 83.9 cm³/mol. The molecule has 106 valence electrons. The minimum Gasteiger partial charge on any atom is -0.542 e. The van der Waals surface area contributed by atoms with Crippen molar-refractivity contribution in [1.29, 1.82) is 0 Å². The first kappa shape index (κ1) is 16.3. The Bertz CT molecular complexity index is 476. The zero-order valence-electron chi connectivity index (χ0n) is 12.6. The molecule has 0 aliphatic rings. The number of hydrogen-bond donors (Lipinski definition) is 0. The van der Waals surface area contributed by atoms with Gasteiger partial charge in [0.25, 0.3) is 8.32 Å². The fourth-order valence-corrected chi connectivity index (χ4v) is 2.75. The summed E-state index contributed by atoms with van der Waals surface area (Å²) in [7, 11) is -2.00. The maximum atomic E-state index is 12.0. The highest BCUT2D eigenvalue weighted by Gasteiger charge is 2.40. The monoisotopic (exact) mass is 298 g/mol. The Labute approximate surface area is 122 Å². The molecule has 0 radical (unpaired) electrons. The van der Waals surface area contributed by atoms with Crippen LogP contribution in [0.15, 0.2) is 18.2 Å². The second-order valence-electron chi connectivity index (χ2n) is 6.26. The van der Waals surface area contributed by atoms with Crippen LogP contribution in [0, 0.1) is 0 Å². The Morgan fingerprint density at radius 2 is 1.89 bits per heavy atom. The third-order valence-corrected chi connectivity index (χ3v) is 8.38. The van der Waals surface area contributed by atoms with Gasteiger partial charge in [-0.2, -0.15) is 0 Å². The van der Waals surface area contributed by atoms with Crippen LogP contribution in [0.25, 0.3) is 0 Å². The van der Waals surface area contributed by atoms with Gasteiger partial charge in [-0.1, -0.05) is 45.4 Å². The number of benzene rings is 1. The quantitative estimate of drug-likeness (QED) is 0.556. The van der Waals surface area contributed by atoms with Crippen LogP contribution < -0.4 is 4.43 Å². The molecule has 0 atom stereocenters. The van der Waals surface area contributed by atoms with E-state index in [9.17, 15) is 4.79 Å². The molecule has 19 heavy (non-hydrogen) atoms. The van der Waals surface area contributed by atoms with Crippen LogP contribution in [-0.4, -0.2) is 14.1 Å². The molecule has 0 saturated carbocycles. The molecule has 0 amide bonds. The summed E-state index contributed by atoms with van der Waals surface area (Å²) < 4.78 is 6.24. The Morgan fingerprint density at radius 1 is 1.32 bits per heavy atom. The van der Waals surface area contributed by atoms with Crippen molar-refractivity contribution in [2.75, 3.05) is 0 Å². The van der Waals surface area contributed by atoms with E-state index in [1.54, 1.807) is 18.2 Å². The van der Waals surface area contributed by atoms with E-state index >= 15 is 0 Å². The van der Waals surface area contributed by atoms with Crippen molar-refractivity contribution in [1.82, 2.24) is 0 Å². The summed E-state index contributed by atoms with van der Waals surface area (Å²) in [6.45, 7) is 12.6. The zero-order chi connectivity index (χ0) is 14.8. The van der Waals surface area contributed by atoms with E-state index < -0.39 is 8.32 Å². The van der Waals surface area contributed by atoms with Crippen LogP contribution in [-0.2, 0) is 0 Å². The van der Waals surface area contributed by atoms with Crippen molar-refractivity contribution in [2.45, 2.75) is 52.2 Å². The number of halogens is 1. The van der Waals surface area contributed by atoms with Gasteiger partial charge in [0.2, 0.25) is 0 Å². The van der Waals surface area contributed by atoms with Gasteiger partial charge in [-0.3, -0.25) is 4.79 Å². The van der Waals surface area contributed by atoms with E-state index in [2.05, 4.69) is 33.9 Å². The van der Waals surface area contributed by atoms with Crippen LogP contribution in [0.2, 0.25) is 23.2 Å². The first-order valence-electron chi connectivity index (χ1n) is 6.61. The molecule has 0 aromatic heterocycles. The molecule has 0 unspecified atom stereocenters. The van der Waals surface area contributed by atoms with E-state index in [4.69, 9.17) is 16.0 Å². The number of ketones is 1. The zero-order valence-corrected chi connectivity index (χ0v) is 14.4. The molecule has 0 spiro atoms. The Morgan fingerprint density at radius 3 is 2.37 bits per heavy atom. The molecule has 0 heterocycles. The Balaban J connectivity index is 3.24. The first-order chi connectivity index (χ1) is 8.60. The van der Waals surface area contributed by atoms with Gasteiger partial charge in [-0.15, -0.1) is 0 Å². The lowest BCUT2D eigenvalue weighted by Gasteiger charge is -2.37. The van der Waals surface area contributed by atoms with Crippen LogP contribution >= 0.6 is 11.6 Å². The average Bonchev–Trinajstić information content (AvgIpc) is 2.29. The van der Waals surface area contributed by atoms with Crippen LogP contribution in [0.3, 0.4) is 0 Å². The number of rotatable bonds is 4. The van der Waals surface area contributed by atoms with Crippen LogP contribution in [0.1, 0.15) is 44.5 Å². The SMILES string of the molecule is CCC(=O)c1cccc(Cl)c1O[Si](C)(C)C(C)(C)C. The summed E-state index contributed by atoms with van der Waals surface area (Å²) in [5.74, 6) is 0.624. The van der Waals surface area contributed by atoms with E-state index in [1.165, 1.54) is 0 Å². The maximum absolute atomic E-state index is 12.0. The molecule has 0 saturated heterocycles. The largest absolute Gasteiger partial charge is 0.542 e. The summed E-state index contributed by atoms with van der Waals surface area (Å²) in [6.07, 6.45) is 0.453. The topological polar surface area (TPSA) is 26.3 Å². The number of carbonyl (C=O) groups excluding carboxylic acids is 1. The molecule has 0 aliphatic heterocycles. The lowest BCUT2D eigenvalue weighted by atomic mass is 10.1. The second-order valence-corrected chi connectivity index (χ2v) is 11.4. The fourth-order valence-electron chi connectivity index (χ4n) is 1.43. The highest BCUT2D eigenvalue weighted by Crippen LogP contribution is 2.40. The number of para-hydroxylation sites is 1. The summed E-state index contributed by atoms with van der Waals surface area (Å²) in [5, 5.41) is 0.586. The minimum absolute atomic E-state index is 0.0659. The first-order valence-corrected chi connectivity index (χ1v) is 9.89. The third-order valence-electron chi connectivity index (χ3n) is 3.75. The van der Waals surface area contributed by atoms with Crippen molar-refractivity contribution >= 4 is 25.7 Å². The van der Waals surface area contributed by atoms with E-state index in [0.29, 0.717) is 22.8 Å². The summed E-state index contributed by atoms with van der Waals surface area (Å²) in [4.78, 5) is 12.0. The smallest absolute Gasteiger partial charge is 0.250 e. The van der Waals surface area contributed by atoms with Gasteiger partial charge < -0.3 is 4.43 Å². The van der Waals surface area contributed by atoms with Crippen LogP contribution in [0.4, 0.5) is 0 Å². The molecule has 0 aliphatic carbocycles. The van der Waals surface area contributed by atoms with Crippen LogP contribution in [0.5, 0.6) is 5.75 Å². The molecule has 0 N–H and O–H groups in total. The summed E-state index contributed by atoms with van der Waals surface area (Å²) in [6, 6.07) is 5.36. The molecule has 0 fully saturated rings. The van der Waals surface area contributed by atoms with Gasteiger partial charge in [0, 0.05) is 6.42 Å². The third kappa shape index (κ3) is 3.60. The normalized spacial score (nSPS) is 12.4. The number of hydrogen-bond acceptors (Lipinski definition) is 2. The van der Waals surface area contributed by atoms with Crippen molar-refractivity contribution in [3.05, 3.63) is 28.8 Å². The second kappa shape index (κ2) is 5.67. The molecule has 1 aromatic carbocycles. The molecular weight excluding hydrogens is 276 g/mol. The Hall–Kier alpha value is -0.803. The fraction of sp³-hybridized carbons (Fsp3) is 0.533. The molecule has 1 aromatic rings. The average molecular weight is 299 g/mol. The minimum atomic E-state index is -2.00. The van der Waals surface area contributed by atoms with E-state index in [0.717, 1.165) is 0 Å². The van der Waals surface area contributed by atoms with Gasteiger partial charge >= 0.3 is 0 Å². The predicted octanol–water partition coefficient (Wildman–Crippen LogP) is 5.32. The highest BCUT2D eigenvalue weighted by molar-refractivity contribution is 6.74. The number of Topliss-reactive ketones (excluding diaryl/α,β-unsaturated/α-hetero) is 1. The maximum Gasteiger partial charge on any atom is 0.250 e. The molecular formula is C15H23ClO2Si. The molecule has 4 heteroatoms. The molecule has 0 bridgehead atoms. The lowest BCUT2D eigenvalue weighted by molar-refractivity contribution is 0.0986.